The van der Waals surface area contributed by atoms with Crippen molar-refractivity contribution in [1.82, 2.24) is 0 Å². The molecule has 0 aliphatic rings. The number of hydrogen-bond acceptors (Lipinski definition) is 4. The highest BCUT2D eigenvalue weighted by atomic mass is 16.4. The van der Waals surface area contributed by atoms with Gasteiger partial charge in [0.2, 0.25) is 5.91 Å². The summed E-state index contributed by atoms with van der Waals surface area (Å²) in [6.07, 6.45) is -0.00440. The lowest BCUT2D eigenvalue weighted by atomic mass is 10.0. The zero-order chi connectivity index (χ0) is 13.0. The van der Waals surface area contributed by atoms with Crippen LogP contribution in [0.3, 0.4) is 0 Å². The topological polar surface area (TPSA) is 110 Å². The monoisotopic (exact) mass is 238 g/mol. The highest BCUT2D eigenvalue weighted by Crippen LogP contribution is 2.28. The van der Waals surface area contributed by atoms with Gasteiger partial charge in [0.05, 0.1) is 5.56 Å². The molecular weight excluding hydrogens is 226 g/mol. The van der Waals surface area contributed by atoms with E-state index in [0.29, 0.717) is 0 Å². The number of carboxylic acids is 1. The third-order valence-electron chi connectivity index (χ3n) is 2.16. The molecule has 1 amide bonds. The lowest BCUT2D eigenvalue weighted by Crippen LogP contribution is -2.14. The zero-order valence-corrected chi connectivity index (χ0v) is 9.19. The molecule has 0 aromatic heterocycles. The highest BCUT2D eigenvalue weighted by Gasteiger charge is 2.11. The van der Waals surface area contributed by atoms with Crippen LogP contribution in [0.5, 0.6) is 5.75 Å². The summed E-state index contributed by atoms with van der Waals surface area (Å²) in [5, 5.41) is 31.8. The van der Waals surface area contributed by atoms with Gasteiger partial charge in [-0.2, -0.15) is 0 Å². The molecule has 0 saturated heterocycles. The van der Waals surface area contributed by atoms with E-state index in [1.165, 1.54) is 13.0 Å². The summed E-state index contributed by atoms with van der Waals surface area (Å²) < 4.78 is 0. The van der Waals surface area contributed by atoms with Crippen LogP contribution in [0.2, 0.25) is 0 Å². The van der Waals surface area contributed by atoms with Gasteiger partial charge >= 0.3 is 5.97 Å². The second-order valence-electron chi connectivity index (χ2n) is 3.43. The van der Waals surface area contributed by atoms with Gasteiger partial charge in [0.25, 0.3) is 0 Å². The first kappa shape index (κ1) is 13.0. The number of aliphatic hydroxyl groups excluding tert-OH is 1. The van der Waals surface area contributed by atoms with E-state index in [1.54, 1.807) is 0 Å². The van der Waals surface area contributed by atoms with Crippen LogP contribution < -0.4 is 10.4 Å². The minimum atomic E-state index is -1.33. The predicted octanol–water partition coefficient (Wildman–Crippen LogP) is -0.0484. The van der Waals surface area contributed by atoms with Crippen molar-refractivity contribution in [3.8, 4) is 5.75 Å². The van der Waals surface area contributed by atoms with Crippen molar-refractivity contribution in [3.05, 3.63) is 23.3 Å². The summed E-state index contributed by atoms with van der Waals surface area (Å²) >= 11 is 0. The largest absolute Gasteiger partial charge is 0.872 e. The summed E-state index contributed by atoms with van der Waals surface area (Å²) in [5.74, 6) is -2.38. The Kier molecular flexibility index (Phi) is 4.06. The van der Waals surface area contributed by atoms with Gasteiger partial charge in [-0.3, -0.25) is 4.79 Å². The maximum Gasteiger partial charge on any atom is 0.335 e. The van der Waals surface area contributed by atoms with Crippen LogP contribution in [0.4, 0.5) is 5.69 Å². The van der Waals surface area contributed by atoms with Gasteiger partial charge in [-0.1, -0.05) is 5.75 Å². The fraction of sp³-hybridized carbons (Fsp3) is 0.273. The van der Waals surface area contributed by atoms with Gasteiger partial charge in [0, 0.05) is 19.2 Å². The van der Waals surface area contributed by atoms with Crippen molar-refractivity contribution in [1.29, 1.82) is 0 Å². The standard InChI is InChI=1S/C11H13NO5/c1-6(14)12-9-3-2-8(11(16)17)10(15)7(9)4-5-13/h2-3,13,15H,4-5H2,1H3,(H,12,14)(H,16,17)/p-1. The van der Waals surface area contributed by atoms with Crippen molar-refractivity contribution in [3.63, 3.8) is 0 Å². The smallest absolute Gasteiger partial charge is 0.335 e. The average Bonchev–Trinajstić information content (AvgIpc) is 2.22. The van der Waals surface area contributed by atoms with Crippen LogP contribution in [0.1, 0.15) is 22.8 Å². The van der Waals surface area contributed by atoms with E-state index < -0.39 is 11.7 Å². The molecule has 1 aromatic rings. The van der Waals surface area contributed by atoms with E-state index in [2.05, 4.69) is 5.32 Å². The fourth-order valence-corrected chi connectivity index (χ4v) is 1.46. The normalized spacial score (nSPS) is 10.0. The molecule has 6 heteroatoms. The number of benzene rings is 1. The van der Waals surface area contributed by atoms with Crippen molar-refractivity contribution in [2.75, 3.05) is 11.9 Å². The minimum Gasteiger partial charge on any atom is -0.872 e. The number of carbonyl (C=O) groups is 2. The van der Waals surface area contributed by atoms with Gasteiger partial charge in [-0.05, 0) is 24.1 Å². The Bertz CT molecular complexity index is 455. The van der Waals surface area contributed by atoms with Crippen molar-refractivity contribution in [2.45, 2.75) is 13.3 Å². The Balaban J connectivity index is 3.28. The molecule has 17 heavy (non-hydrogen) atoms. The SMILES string of the molecule is CC(=O)Nc1ccc(C(=O)O)c([O-])c1CCO. The molecule has 0 heterocycles. The summed E-state index contributed by atoms with van der Waals surface area (Å²) in [6, 6.07) is 2.48. The molecule has 0 bridgehead atoms. The van der Waals surface area contributed by atoms with Crippen LogP contribution in [0.15, 0.2) is 12.1 Å². The van der Waals surface area contributed by atoms with Crippen molar-refractivity contribution >= 4 is 17.6 Å². The number of carbonyl (C=O) groups excluding carboxylic acids is 1. The molecule has 6 nitrogen and oxygen atoms in total. The number of amides is 1. The molecule has 0 fully saturated rings. The van der Waals surface area contributed by atoms with E-state index in [4.69, 9.17) is 10.2 Å². The van der Waals surface area contributed by atoms with E-state index in [1.807, 2.05) is 0 Å². The molecule has 1 rings (SSSR count). The Labute approximate surface area is 97.5 Å². The average molecular weight is 238 g/mol. The number of nitrogens with one attached hydrogen (secondary N) is 1. The second-order valence-corrected chi connectivity index (χ2v) is 3.43. The Morgan fingerprint density at radius 1 is 1.41 bits per heavy atom. The summed E-state index contributed by atoms with van der Waals surface area (Å²) in [6.45, 7) is 0.975. The van der Waals surface area contributed by atoms with Crippen LogP contribution in [0.25, 0.3) is 0 Å². The van der Waals surface area contributed by atoms with Gasteiger partial charge < -0.3 is 20.6 Å². The van der Waals surface area contributed by atoms with Crippen LogP contribution in [-0.4, -0.2) is 28.7 Å². The number of hydrogen-bond donors (Lipinski definition) is 3. The third-order valence-corrected chi connectivity index (χ3v) is 2.16. The molecule has 0 saturated carbocycles. The molecule has 0 unspecified atom stereocenters. The molecule has 0 radical (unpaired) electrons. The van der Waals surface area contributed by atoms with E-state index in [9.17, 15) is 14.7 Å². The lowest BCUT2D eigenvalue weighted by Gasteiger charge is -2.20. The Morgan fingerprint density at radius 2 is 2.06 bits per heavy atom. The summed E-state index contributed by atoms with van der Waals surface area (Å²) in [7, 11) is 0. The van der Waals surface area contributed by atoms with Crippen LogP contribution in [0, 0.1) is 0 Å². The van der Waals surface area contributed by atoms with Crippen LogP contribution >= 0.6 is 0 Å². The predicted molar refractivity (Wildman–Crippen MR) is 57.9 cm³/mol. The maximum atomic E-state index is 11.8. The summed E-state index contributed by atoms with van der Waals surface area (Å²) in [4.78, 5) is 21.7. The van der Waals surface area contributed by atoms with E-state index in [-0.39, 0.29) is 35.7 Å². The Morgan fingerprint density at radius 3 is 2.53 bits per heavy atom. The van der Waals surface area contributed by atoms with Gasteiger partial charge in [-0.25, -0.2) is 4.79 Å². The minimum absolute atomic E-state index is 0.00440. The quantitative estimate of drug-likeness (QED) is 0.681. The first-order valence-corrected chi connectivity index (χ1v) is 4.92. The Hall–Kier alpha value is -2.08. The molecule has 3 N–H and O–H groups in total. The van der Waals surface area contributed by atoms with Crippen molar-refractivity contribution in [2.24, 2.45) is 0 Å². The lowest BCUT2D eigenvalue weighted by molar-refractivity contribution is -0.269. The maximum absolute atomic E-state index is 11.8. The second kappa shape index (κ2) is 5.31. The highest BCUT2D eigenvalue weighted by molar-refractivity contribution is 5.95. The number of carboxylic acid groups (broad SMARTS) is 1. The molecule has 0 atom stereocenters. The fourth-order valence-electron chi connectivity index (χ4n) is 1.46. The third kappa shape index (κ3) is 2.94. The molecule has 0 aliphatic carbocycles. The first-order chi connectivity index (χ1) is 7.97. The molecule has 0 spiro atoms. The van der Waals surface area contributed by atoms with Gasteiger partial charge in [-0.15, -0.1) is 0 Å². The number of anilines is 1. The molecule has 1 aromatic carbocycles. The molecular formula is C11H12NO5-. The zero-order valence-electron chi connectivity index (χ0n) is 9.19. The molecule has 0 aliphatic heterocycles. The molecule has 92 valence electrons. The van der Waals surface area contributed by atoms with E-state index in [0.717, 1.165) is 6.07 Å². The van der Waals surface area contributed by atoms with Gasteiger partial charge in [0.15, 0.2) is 0 Å². The van der Waals surface area contributed by atoms with E-state index >= 15 is 0 Å². The van der Waals surface area contributed by atoms with Crippen molar-refractivity contribution < 1.29 is 24.9 Å². The number of aliphatic hydroxyl groups is 1. The summed E-state index contributed by atoms with van der Waals surface area (Å²) in [5.41, 5.74) is -0.0355. The number of aromatic carboxylic acids is 1. The first-order valence-electron chi connectivity index (χ1n) is 4.92. The number of rotatable bonds is 4. The van der Waals surface area contributed by atoms with Gasteiger partial charge in [0.1, 0.15) is 0 Å². The van der Waals surface area contributed by atoms with Crippen LogP contribution in [-0.2, 0) is 11.2 Å².